The van der Waals surface area contributed by atoms with Crippen molar-refractivity contribution in [2.24, 2.45) is 0 Å². The Morgan fingerprint density at radius 3 is 2.81 bits per heavy atom. The molecule has 16 heavy (non-hydrogen) atoms. The van der Waals surface area contributed by atoms with Crippen LogP contribution in [0.2, 0.25) is 0 Å². The lowest BCUT2D eigenvalue weighted by Crippen LogP contribution is -2.15. The summed E-state index contributed by atoms with van der Waals surface area (Å²) in [6.45, 7) is 1.01. The third kappa shape index (κ3) is 5.14. The van der Waals surface area contributed by atoms with Crippen LogP contribution in [0.1, 0.15) is 10.4 Å². The van der Waals surface area contributed by atoms with Gasteiger partial charge < -0.3 is 4.90 Å². The first kappa shape index (κ1) is 13.7. The van der Waals surface area contributed by atoms with Crippen LogP contribution in [0.15, 0.2) is 28.7 Å². The first-order chi connectivity index (χ1) is 7.59. The molecule has 88 valence electrons. The molecule has 0 amide bonds. The third-order valence-corrected chi connectivity index (χ3v) is 3.49. The van der Waals surface area contributed by atoms with E-state index in [9.17, 15) is 4.79 Å². The van der Waals surface area contributed by atoms with Gasteiger partial charge in [0.1, 0.15) is 0 Å². The number of carbonyl (C=O) groups excluding carboxylic acids is 1. The molecule has 1 rings (SSSR count). The van der Waals surface area contributed by atoms with Crippen LogP contribution in [-0.2, 0) is 0 Å². The van der Waals surface area contributed by atoms with Crippen molar-refractivity contribution in [2.45, 2.75) is 0 Å². The summed E-state index contributed by atoms with van der Waals surface area (Å²) in [6, 6.07) is 7.55. The van der Waals surface area contributed by atoms with Crippen molar-refractivity contribution in [3.63, 3.8) is 0 Å². The Morgan fingerprint density at radius 1 is 1.44 bits per heavy atom. The zero-order valence-corrected chi connectivity index (χ0v) is 12.0. The van der Waals surface area contributed by atoms with Gasteiger partial charge in [-0.3, -0.25) is 4.79 Å². The molecule has 0 unspecified atom stereocenters. The first-order valence-electron chi connectivity index (χ1n) is 5.11. The number of rotatable bonds is 6. The van der Waals surface area contributed by atoms with E-state index in [-0.39, 0.29) is 5.78 Å². The molecule has 1 aromatic carbocycles. The second-order valence-electron chi connectivity index (χ2n) is 3.79. The van der Waals surface area contributed by atoms with Gasteiger partial charge in [-0.25, -0.2) is 0 Å². The number of hydrogen-bond donors (Lipinski definition) is 0. The van der Waals surface area contributed by atoms with Crippen LogP contribution in [0.5, 0.6) is 0 Å². The molecule has 0 radical (unpaired) electrons. The number of benzene rings is 1. The van der Waals surface area contributed by atoms with Gasteiger partial charge in [-0.2, -0.15) is 11.8 Å². The van der Waals surface area contributed by atoms with Crippen LogP contribution < -0.4 is 0 Å². The highest BCUT2D eigenvalue weighted by Crippen LogP contribution is 2.14. The van der Waals surface area contributed by atoms with Gasteiger partial charge in [0.15, 0.2) is 5.78 Å². The summed E-state index contributed by atoms with van der Waals surface area (Å²) in [6.07, 6.45) is 0. The maximum absolute atomic E-state index is 11.8. The SMILES string of the molecule is CN(C)CCSCC(=O)c1cccc(Br)c1. The van der Waals surface area contributed by atoms with Crippen LogP contribution >= 0.6 is 27.7 Å². The lowest BCUT2D eigenvalue weighted by atomic mass is 10.2. The molecule has 0 saturated heterocycles. The van der Waals surface area contributed by atoms with Gasteiger partial charge in [-0.05, 0) is 26.2 Å². The van der Waals surface area contributed by atoms with Gasteiger partial charge in [0, 0.05) is 22.3 Å². The Hall–Kier alpha value is -0.320. The Labute approximate surface area is 110 Å². The molecule has 0 aliphatic rings. The van der Waals surface area contributed by atoms with E-state index in [1.54, 1.807) is 11.8 Å². The molecular weight excluding hydrogens is 286 g/mol. The number of nitrogens with zero attached hydrogens (tertiary/aromatic N) is 1. The van der Waals surface area contributed by atoms with Crippen LogP contribution in [-0.4, -0.2) is 42.8 Å². The third-order valence-electron chi connectivity index (χ3n) is 2.06. The van der Waals surface area contributed by atoms with E-state index >= 15 is 0 Å². The molecule has 0 bridgehead atoms. The molecule has 0 saturated carbocycles. The summed E-state index contributed by atoms with van der Waals surface area (Å²) in [5, 5.41) is 0. The van der Waals surface area contributed by atoms with Gasteiger partial charge in [0.2, 0.25) is 0 Å². The maximum Gasteiger partial charge on any atom is 0.172 e. The minimum absolute atomic E-state index is 0.199. The number of thioether (sulfide) groups is 1. The molecule has 0 aromatic heterocycles. The molecule has 2 nitrogen and oxygen atoms in total. The number of Topliss-reactive ketones (excluding diaryl/α,β-unsaturated/α-hetero) is 1. The van der Waals surface area contributed by atoms with Gasteiger partial charge in [-0.15, -0.1) is 0 Å². The summed E-state index contributed by atoms with van der Waals surface area (Å²) in [7, 11) is 4.08. The highest BCUT2D eigenvalue weighted by Gasteiger charge is 2.05. The van der Waals surface area contributed by atoms with Crippen molar-refractivity contribution in [1.29, 1.82) is 0 Å². The molecule has 0 heterocycles. The van der Waals surface area contributed by atoms with E-state index in [2.05, 4.69) is 20.8 Å². The number of hydrogen-bond acceptors (Lipinski definition) is 3. The highest BCUT2D eigenvalue weighted by atomic mass is 79.9. The second-order valence-corrected chi connectivity index (χ2v) is 5.81. The second kappa shape index (κ2) is 7.09. The van der Waals surface area contributed by atoms with Crippen molar-refractivity contribution in [1.82, 2.24) is 4.90 Å². The average Bonchev–Trinajstić information content (AvgIpc) is 2.24. The van der Waals surface area contributed by atoms with Gasteiger partial charge in [-0.1, -0.05) is 28.1 Å². The predicted octanol–water partition coefficient (Wildman–Crippen LogP) is 2.93. The standard InChI is InChI=1S/C12H16BrNOS/c1-14(2)6-7-16-9-12(15)10-4-3-5-11(13)8-10/h3-5,8H,6-7,9H2,1-2H3. The first-order valence-corrected chi connectivity index (χ1v) is 7.05. The Balaban J connectivity index is 2.35. The van der Waals surface area contributed by atoms with Crippen molar-refractivity contribution in [2.75, 3.05) is 32.1 Å². The topological polar surface area (TPSA) is 20.3 Å². The Bertz CT molecular complexity index is 355. The van der Waals surface area contributed by atoms with Crippen molar-refractivity contribution in [3.8, 4) is 0 Å². The predicted molar refractivity (Wildman–Crippen MR) is 74.4 cm³/mol. The molecule has 0 spiro atoms. The fraction of sp³-hybridized carbons (Fsp3) is 0.417. The van der Waals surface area contributed by atoms with Crippen LogP contribution in [0, 0.1) is 0 Å². The van der Waals surface area contributed by atoms with Crippen LogP contribution in [0.25, 0.3) is 0 Å². The summed E-state index contributed by atoms with van der Waals surface area (Å²) in [5.74, 6) is 1.75. The van der Waals surface area contributed by atoms with Crippen molar-refractivity contribution >= 4 is 33.5 Å². The van der Waals surface area contributed by atoms with Crippen LogP contribution in [0.3, 0.4) is 0 Å². The molecule has 0 fully saturated rings. The Kier molecular flexibility index (Phi) is 6.09. The van der Waals surface area contributed by atoms with E-state index in [4.69, 9.17) is 0 Å². The minimum Gasteiger partial charge on any atom is -0.309 e. The summed E-state index contributed by atoms with van der Waals surface area (Å²) >= 11 is 5.05. The van der Waals surface area contributed by atoms with Crippen LogP contribution in [0.4, 0.5) is 0 Å². The van der Waals surface area contributed by atoms with Gasteiger partial charge in [0.25, 0.3) is 0 Å². The molecule has 4 heteroatoms. The minimum atomic E-state index is 0.199. The Morgan fingerprint density at radius 2 is 2.19 bits per heavy atom. The summed E-state index contributed by atoms with van der Waals surface area (Å²) < 4.78 is 0.955. The molecular formula is C12H16BrNOS. The zero-order chi connectivity index (χ0) is 12.0. The largest absolute Gasteiger partial charge is 0.309 e. The van der Waals surface area contributed by atoms with E-state index in [0.717, 1.165) is 22.3 Å². The number of ketones is 1. The molecule has 0 aliphatic carbocycles. The number of carbonyl (C=O) groups is 1. The number of halogens is 1. The fourth-order valence-corrected chi connectivity index (χ4v) is 2.55. The monoisotopic (exact) mass is 301 g/mol. The maximum atomic E-state index is 11.8. The fourth-order valence-electron chi connectivity index (χ4n) is 1.16. The van der Waals surface area contributed by atoms with E-state index in [1.165, 1.54) is 0 Å². The smallest absolute Gasteiger partial charge is 0.172 e. The summed E-state index contributed by atoms with van der Waals surface area (Å²) in [4.78, 5) is 13.9. The molecule has 0 aliphatic heterocycles. The highest BCUT2D eigenvalue weighted by molar-refractivity contribution is 9.10. The summed E-state index contributed by atoms with van der Waals surface area (Å²) in [5.41, 5.74) is 0.784. The van der Waals surface area contributed by atoms with Crippen molar-refractivity contribution in [3.05, 3.63) is 34.3 Å². The zero-order valence-electron chi connectivity index (χ0n) is 9.57. The lowest BCUT2D eigenvalue weighted by Gasteiger charge is -2.08. The average molecular weight is 302 g/mol. The van der Waals surface area contributed by atoms with E-state index < -0.39 is 0 Å². The van der Waals surface area contributed by atoms with Gasteiger partial charge >= 0.3 is 0 Å². The van der Waals surface area contributed by atoms with E-state index in [0.29, 0.717) is 5.75 Å². The molecule has 0 N–H and O–H groups in total. The molecule has 0 atom stereocenters. The molecule has 1 aromatic rings. The lowest BCUT2D eigenvalue weighted by molar-refractivity contribution is 0.102. The quantitative estimate of drug-likeness (QED) is 0.595. The normalized spacial score (nSPS) is 10.8. The van der Waals surface area contributed by atoms with Gasteiger partial charge in [0.05, 0.1) is 5.75 Å². The van der Waals surface area contributed by atoms with E-state index in [1.807, 2.05) is 38.4 Å². The van der Waals surface area contributed by atoms with Crippen molar-refractivity contribution < 1.29 is 4.79 Å².